The molecule has 30 heavy (non-hydrogen) atoms. The lowest BCUT2D eigenvalue weighted by molar-refractivity contribution is 0.0949. The number of carbonyl (C=O) groups excluding carboxylic acids is 1. The summed E-state index contributed by atoms with van der Waals surface area (Å²) in [6.07, 6.45) is 4.38. The topological polar surface area (TPSA) is 85.6 Å². The number of benzene rings is 1. The largest absolute Gasteiger partial charge is 0.351 e. The highest BCUT2D eigenvalue weighted by atomic mass is 32.2. The fourth-order valence-electron chi connectivity index (χ4n) is 2.80. The van der Waals surface area contributed by atoms with Crippen LogP contribution in [0.25, 0.3) is 17.1 Å². The predicted molar refractivity (Wildman–Crippen MR) is 119 cm³/mol. The number of para-hydroxylation sites is 1. The summed E-state index contributed by atoms with van der Waals surface area (Å²) in [5.74, 6) is 1.23. The lowest BCUT2D eigenvalue weighted by atomic mass is 10.2. The van der Waals surface area contributed by atoms with Gasteiger partial charge in [-0.1, -0.05) is 36.9 Å². The highest BCUT2D eigenvalue weighted by Crippen LogP contribution is 2.30. The monoisotopic (exact) mass is 436 g/mol. The third-order valence-corrected chi connectivity index (χ3v) is 6.20. The molecule has 3 heterocycles. The lowest BCUT2D eigenvalue weighted by Crippen LogP contribution is -2.24. The molecule has 0 spiro atoms. The van der Waals surface area contributed by atoms with Crippen LogP contribution < -0.4 is 5.32 Å². The zero-order valence-corrected chi connectivity index (χ0v) is 18.0. The van der Waals surface area contributed by atoms with Crippen molar-refractivity contribution in [2.24, 2.45) is 0 Å². The van der Waals surface area contributed by atoms with Crippen LogP contribution in [0.15, 0.2) is 65.4 Å². The minimum absolute atomic E-state index is 0.128. The first kappa shape index (κ1) is 20.2. The zero-order chi connectivity index (χ0) is 20.8. The molecule has 0 aliphatic rings. The molecule has 0 aliphatic heterocycles. The molecule has 4 aromatic rings. The highest BCUT2D eigenvalue weighted by Gasteiger charge is 2.17. The summed E-state index contributed by atoms with van der Waals surface area (Å²) in [4.78, 5) is 20.6. The van der Waals surface area contributed by atoms with E-state index >= 15 is 0 Å². The molecule has 7 nitrogen and oxygen atoms in total. The first-order valence-electron chi connectivity index (χ1n) is 9.53. The van der Waals surface area contributed by atoms with Gasteiger partial charge in [-0.15, -0.1) is 21.5 Å². The first-order chi connectivity index (χ1) is 14.8. The van der Waals surface area contributed by atoms with E-state index in [1.165, 1.54) is 11.3 Å². The SMILES string of the molecule is CCCNC(=O)c1csc(CSc2nnc(-c3ccncc3)n2-c2ccccc2)n1. The highest BCUT2D eigenvalue weighted by molar-refractivity contribution is 7.98. The van der Waals surface area contributed by atoms with Crippen LogP contribution in [-0.4, -0.2) is 37.2 Å². The number of amides is 1. The molecule has 9 heteroatoms. The molecule has 1 N–H and O–H groups in total. The van der Waals surface area contributed by atoms with Crippen molar-refractivity contribution in [3.8, 4) is 17.1 Å². The maximum atomic E-state index is 12.1. The van der Waals surface area contributed by atoms with E-state index in [9.17, 15) is 4.79 Å². The van der Waals surface area contributed by atoms with Gasteiger partial charge in [-0.25, -0.2) is 4.98 Å². The Hall–Kier alpha value is -3.04. The molecule has 0 fully saturated rings. The van der Waals surface area contributed by atoms with Gasteiger partial charge in [0.1, 0.15) is 10.7 Å². The van der Waals surface area contributed by atoms with Gasteiger partial charge in [-0.05, 0) is 30.7 Å². The van der Waals surface area contributed by atoms with Crippen LogP contribution in [0.4, 0.5) is 0 Å². The van der Waals surface area contributed by atoms with Crippen molar-refractivity contribution in [3.05, 3.63) is 70.9 Å². The van der Waals surface area contributed by atoms with Crippen LogP contribution in [0.3, 0.4) is 0 Å². The Morgan fingerprint density at radius 2 is 1.93 bits per heavy atom. The van der Waals surface area contributed by atoms with Gasteiger partial charge in [0, 0.05) is 35.6 Å². The van der Waals surface area contributed by atoms with E-state index in [-0.39, 0.29) is 5.91 Å². The molecule has 0 atom stereocenters. The Morgan fingerprint density at radius 3 is 2.70 bits per heavy atom. The van der Waals surface area contributed by atoms with Crippen LogP contribution >= 0.6 is 23.1 Å². The summed E-state index contributed by atoms with van der Waals surface area (Å²) in [6.45, 7) is 2.67. The summed E-state index contributed by atoms with van der Waals surface area (Å²) in [5, 5.41) is 15.1. The van der Waals surface area contributed by atoms with Crippen molar-refractivity contribution in [2.75, 3.05) is 6.54 Å². The number of thiazole rings is 1. The predicted octanol–water partition coefficient (Wildman–Crippen LogP) is 4.22. The average molecular weight is 437 g/mol. The van der Waals surface area contributed by atoms with E-state index in [1.807, 2.05) is 54.0 Å². The molecule has 0 aliphatic carbocycles. The fraction of sp³-hybridized carbons (Fsp3) is 0.190. The van der Waals surface area contributed by atoms with Crippen molar-refractivity contribution in [1.82, 2.24) is 30.0 Å². The molecule has 152 valence electrons. The van der Waals surface area contributed by atoms with Gasteiger partial charge < -0.3 is 5.32 Å². The molecule has 4 rings (SSSR count). The molecule has 0 unspecified atom stereocenters. The summed E-state index contributed by atoms with van der Waals surface area (Å²) in [7, 11) is 0. The zero-order valence-electron chi connectivity index (χ0n) is 16.4. The molecular formula is C21H20N6OS2. The van der Waals surface area contributed by atoms with Crippen LogP contribution in [0.5, 0.6) is 0 Å². The minimum Gasteiger partial charge on any atom is -0.351 e. The number of nitrogens with one attached hydrogen (secondary N) is 1. The summed E-state index contributed by atoms with van der Waals surface area (Å²) < 4.78 is 2.03. The number of hydrogen-bond acceptors (Lipinski definition) is 7. The van der Waals surface area contributed by atoms with E-state index in [4.69, 9.17) is 0 Å². The van der Waals surface area contributed by atoms with Gasteiger partial charge in [0.25, 0.3) is 5.91 Å². The molecule has 0 bridgehead atoms. The van der Waals surface area contributed by atoms with Gasteiger partial charge >= 0.3 is 0 Å². The molecule has 1 aromatic carbocycles. The van der Waals surface area contributed by atoms with Gasteiger partial charge in [0.15, 0.2) is 11.0 Å². The summed E-state index contributed by atoms with van der Waals surface area (Å²) >= 11 is 3.02. The molecule has 0 saturated heterocycles. The smallest absolute Gasteiger partial charge is 0.270 e. The second kappa shape index (κ2) is 9.64. The van der Waals surface area contributed by atoms with E-state index in [1.54, 1.807) is 29.5 Å². The number of nitrogens with zero attached hydrogens (tertiary/aromatic N) is 5. The second-order valence-electron chi connectivity index (χ2n) is 6.38. The summed E-state index contributed by atoms with van der Waals surface area (Å²) in [6, 6.07) is 13.8. The molecule has 0 saturated carbocycles. The Labute approximate surface area is 182 Å². The van der Waals surface area contributed by atoms with E-state index in [0.29, 0.717) is 18.0 Å². The van der Waals surface area contributed by atoms with E-state index < -0.39 is 0 Å². The second-order valence-corrected chi connectivity index (χ2v) is 8.27. The van der Waals surface area contributed by atoms with E-state index in [2.05, 4.69) is 25.5 Å². The molecule has 1 amide bonds. The van der Waals surface area contributed by atoms with Crippen molar-refractivity contribution >= 4 is 29.0 Å². The number of thioether (sulfide) groups is 1. The van der Waals surface area contributed by atoms with Gasteiger partial charge in [0.2, 0.25) is 0 Å². The van der Waals surface area contributed by atoms with Crippen molar-refractivity contribution in [2.45, 2.75) is 24.3 Å². The average Bonchev–Trinajstić information content (AvgIpc) is 3.44. The van der Waals surface area contributed by atoms with Crippen molar-refractivity contribution in [1.29, 1.82) is 0 Å². The number of rotatable bonds is 8. The van der Waals surface area contributed by atoms with Crippen LogP contribution in [0.2, 0.25) is 0 Å². The van der Waals surface area contributed by atoms with Gasteiger partial charge in [-0.2, -0.15) is 0 Å². The van der Waals surface area contributed by atoms with Gasteiger partial charge in [0.05, 0.1) is 5.75 Å². The molecular weight excluding hydrogens is 416 g/mol. The van der Waals surface area contributed by atoms with Crippen LogP contribution in [-0.2, 0) is 5.75 Å². The number of aromatic nitrogens is 5. The molecule has 0 radical (unpaired) electrons. The molecule has 3 aromatic heterocycles. The van der Waals surface area contributed by atoms with Crippen molar-refractivity contribution in [3.63, 3.8) is 0 Å². The quantitative estimate of drug-likeness (QED) is 0.416. The Balaban J connectivity index is 1.57. The Kier molecular flexibility index (Phi) is 6.50. The fourth-order valence-corrected chi connectivity index (χ4v) is 4.54. The van der Waals surface area contributed by atoms with E-state index in [0.717, 1.165) is 33.7 Å². The number of hydrogen-bond donors (Lipinski definition) is 1. The number of carbonyl (C=O) groups is 1. The Morgan fingerprint density at radius 1 is 1.13 bits per heavy atom. The standard InChI is InChI=1S/C21H20N6OS2/c1-2-10-23-20(28)17-13-29-18(24-17)14-30-21-26-25-19(15-8-11-22-12-9-15)27(21)16-6-4-3-5-7-16/h3-9,11-13H,2,10,14H2,1H3,(H,23,28). The maximum Gasteiger partial charge on any atom is 0.270 e. The van der Waals surface area contributed by atoms with Crippen LogP contribution in [0, 0.1) is 0 Å². The maximum absolute atomic E-state index is 12.1. The lowest BCUT2D eigenvalue weighted by Gasteiger charge is -2.09. The third kappa shape index (κ3) is 4.58. The normalized spacial score (nSPS) is 10.8. The number of pyridine rings is 1. The van der Waals surface area contributed by atoms with Crippen molar-refractivity contribution < 1.29 is 4.79 Å². The summed E-state index contributed by atoms with van der Waals surface area (Å²) in [5.41, 5.74) is 2.39. The Bertz CT molecular complexity index is 1110. The third-order valence-electron chi connectivity index (χ3n) is 4.23. The minimum atomic E-state index is -0.128. The first-order valence-corrected chi connectivity index (χ1v) is 11.4. The van der Waals surface area contributed by atoms with Gasteiger partial charge in [-0.3, -0.25) is 14.3 Å². The van der Waals surface area contributed by atoms with Crippen LogP contribution in [0.1, 0.15) is 28.8 Å².